The summed E-state index contributed by atoms with van der Waals surface area (Å²) >= 11 is -2.58. The topological polar surface area (TPSA) is 124 Å². The Labute approximate surface area is 200 Å². The number of benzene rings is 2. The lowest BCUT2D eigenvalue weighted by Crippen LogP contribution is -2.27. The lowest BCUT2D eigenvalue weighted by molar-refractivity contribution is 0.0696. The molecule has 0 aliphatic rings. The zero-order valence-electron chi connectivity index (χ0n) is 18.3. The van der Waals surface area contributed by atoms with Crippen molar-refractivity contribution >= 4 is 39.7 Å². The van der Waals surface area contributed by atoms with Gasteiger partial charge in [-0.15, -0.1) is 0 Å². The summed E-state index contributed by atoms with van der Waals surface area (Å²) < 4.78 is 52.1. The smallest absolute Gasteiger partial charge is 0.335 e. The molecule has 0 aliphatic heterocycles. The number of pyridine rings is 1. The minimum atomic E-state index is -2.58. The van der Waals surface area contributed by atoms with Crippen LogP contribution < -0.4 is 4.31 Å². The first-order chi connectivity index (χ1) is 16.7. The van der Waals surface area contributed by atoms with Gasteiger partial charge < -0.3 is 10.1 Å². The van der Waals surface area contributed by atoms with Gasteiger partial charge in [-0.05, 0) is 42.3 Å². The first-order valence-corrected chi connectivity index (χ1v) is 11.5. The molecule has 11 heteroatoms. The van der Waals surface area contributed by atoms with E-state index in [0.29, 0.717) is 17.5 Å². The van der Waals surface area contributed by atoms with Crippen LogP contribution in [0.4, 0.5) is 14.5 Å². The Balaban J connectivity index is 1.82. The fraction of sp³-hybridized carbons (Fsp3) is 0.125. The Morgan fingerprint density at radius 1 is 1.14 bits per heavy atom. The number of ketones is 1. The molecule has 0 fully saturated rings. The molecule has 4 aromatic rings. The minimum absolute atomic E-state index is 0.00899. The lowest BCUT2D eigenvalue weighted by Gasteiger charge is -2.20. The maximum atomic E-state index is 15.3. The number of halogens is 2. The number of nitrogens with one attached hydrogen (secondary N) is 1. The van der Waals surface area contributed by atoms with E-state index in [0.717, 1.165) is 16.4 Å². The van der Waals surface area contributed by atoms with Crippen LogP contribution in [0.3, 0.4) is 0 Å². The third-order valence-electron chi connectivity index (χ3n) is 5.40. The van der Waals surface area contributed by atoms with Crippen LogP contribution >= 0.6 is 0 Å². The Bertz CT molecular complexity index is 1490. The predicted molar refractivity (Wildman–Crippen MR) is 127 cm³/mol. The van der Waals surface area contributed by atoms with E-state index in [1.165, 1.54) is 24.5 Å². The molecular weight excluding hydrogens is 480 g/mol. The van der Waals surface area contributed by atoms with E-state index in [2.05, 4.69) is 9.97 Å². The number of aromatic carboxylic acids is 1. The second-order valence-electron chi connectivity index (χ2n) is 7.63. The van der Waals surface area contributed by atoms with Gasteiger partial charge in [0, 0.05) is 35.5 Å². The number of hydrogen-bond acceptors (Lipinski definition) is 4. The molecule has 8 nitrogen and oxygen atoms in total. The average molecular weight is 499 g/mol. The molecule has 2 heterocycles. The van der Waals surface area contributed by atoms with Gasteiger partial charge in [0.15, 0.2) is 5.82 Å². The first-order valence-electron chi connectivity index (χ1n) is 10.4. The molecule has 0 saturated carbocycles. The average Bonchev–Trinajstić information content (AvgIpc) is 3.26. The van der Waals surface area contributed by atoms with Crippen LogP contribution in [0.15, 0.2) is 54.9 Å². The lowest BCUT2D eigenvalue weighted by atomic mass is 9.99. The van der Waals surface area contributed by atoms with Crippen molar-refractivity contribution in [3.05, 3.63) is 83.2 Å². The first kappa shape index (κ1) is 24.2. The molecule has 2 aromatic heterocycles. The van der Waals surface area contributed by atoms with Gasteiger partial charge in [0.05, 0.1) is 16.8 Å². The highest BCUT2D eigenvalue weighted by Gasteiger charge is 2.27. The quantitative estimate of drug-likeness (QED) is 0.237. The van der Waals surface area contributed by atoms with Gasteiger partial charge in [-0.2, -0.15) is 0 Å². The minimum Gasteiger partial charge on any atom is -0.478 e. The Morgan fingerprint density at radius 3 is 2.60 bits per heavy atom. The molecule has 1 atom stereocenters. The highest BCUT2D eigenvalue weighted by molar-refractivity contribution is 7.80. The number of nitrogens with zero attached hydrogens (tertiary/aromatic N) is 2. The third-order valence-corrected chi connectivity index (χ3v) is 6.16. The molecule has 0 spiro atoms. The molecule has 0 aliphatic carbocycles. The van der Waals surface area contributed by atoms with Crippen molar-refractivity contribution < 1.29 is 32.2 Å². The Kier molecular flexibility index (Phi) is 6.72. The third kappa shape index (κ3) is 4.55. The predicted octanol–water partition coefficient (Wildman–Crippen LogP) is 4.79. The zero-order chi connectivity index (χ0) is 25.3. The van der Waals surface area contributed by atoms with Crippen molar-refractivity contribution in [2.24, 2.45) is 0 Å². The SMILES string of the molecule is CCCN(c1ccc(F)c(C(=O)c2c[nH]c3ncc(-c4cccc(C(=O)O)c4)cc23)c1F)S(=O)O. The number of fused-ring (bicyclic) bond motifs is 1. The summed E-state index contributed by atoms with van der Waals surface area (Å²) in [5.74, 6) is -4.46. The second kappa shape index (κ2) is 9.72. The number of H-pyrrole nitrogens is 1. The number of aromatic nitrogens is 2. The summed E-state index contributed by atoms with van der Waals surface area (Å²) in [5.41, 5.74) is 0.0626. The van der Waals surface area contributed by atoms with Crippen LogP contribution in [0, 0.1) is 11.6 Å². The number of aromatic amines is 1. The second-order valence-corrected chi connectivity index (χ2v) is 8.53. The molecule has 180 valence electrons. The van der Waals surface area contributed by atoms with Crippen LogP contribution in [-0.2, 0) is 11.3 Å². The highest BCUT2D eigenvalue weighted by atomic mass is 32.2. The molecule has 1 unspecified atom stereocenters. The van der Waals surface area contributed by atoms with Crippen LogP contribution in [0.2, 0.25) is 0 Å². The number of carboxylic acids is 1. The number of anilines is 1. The van der Waals surface area contributed by atoms with E-state index >= 15 is 4.39 Å². The summed E-state index contributed by atoms with van der Waals surface area (Å²) in [5, 5.41) is 9.52. The molecule has 2 aromatic carbocycles. The van der Waals surface area contributed by atoms with Gasteiger partial charge >= 0.3 is 5.97 Å². The number of hydrogen-bond donors (Lipinski definition) is 3. The maximum Gasteiger partial charge on any atom is 0.335 e. The van der Waals surface area contributed by atoms with Crippen molar-refractivity contribution in [3.8, 4) is 11.1 Å². The van der Waals surface area contributed by atoms with E-state index in [1.807, 2.05) is 0 Å². The van der Waals surface area contributed by atoms with Gasteiger partial charge in [-0.1, -0.05) is 19.1 Å². The van der Waals surface area contributed by atoms with Crippen molar-refractivity contribution in [1.82, 2.24) is 9.97 Å². The monoisotopic (exact) mass is 499 g/mol. The summed E-state index contributed by atoms with van der Waals surface area (Å²) in [6, 6.07) is 9.56. The van der Waals surface area contributed by atoms with E-state index in [-0.39, 0.29) is 34.4 Å². The van der Waals surface area contributed by atoms with Gasteiger partial charge in [-0.3, -0.25) is 13.7 Å². The van der Waals surface area contributed by atoms with Gasteiger partial charge in [-0.25, -0.2) is 22.8 Å². The van der Waals surface area contributed by atoms with Crippen molar-refractivity contribution in [3.63, 3.8) is 0 Å². The molecular formula is C24H19F2N3O5S. The molecule has 0 saturated heterocycles. The van der Waals surface area contributed by atoms with Crippen LogP contribution in [0.1, 0.15) is 39.6 Å². The maximum absolute atomic E-state index is 15.3. The molecule has 35 heavy (non-hydrogen) atoms. The van der Waals surface area contributed by atoms with E-state index in [9.17, 15) is 27.8 Å². The van der Waals surface area contributed by atoms with Crippen LogP contribution in [0.5, 0.6) is 0 Å². The molecule has 0 amide bonds. The fourth-order valence-corrected chi connectivity index (χ4v) is 4.39. The summed E-state index contributed by atoms with van der Waals surface area (Å²) in [7, 11) is 0. The van der Waals surface area contributed by atoms with Gasteiger partial charge in [0.1, 0.15) is 11.5 Å². The molecule has 0 radical (unpaired) electrons. The Hall–Kier alpha value is -3.96. The molecule has 3 N–H and O–H groups in total. The summed E-state index contributed by atoms with van der Waals surface area (Å²) in [6.07, 6.45) is 3.17. The Morgan fingerprint density at radius 2 is 1.91 bits per heavy atom. The summed E-state index contributed by atoms with van der Waals surface area (Å²) in [6.45, 7) is 1.73. The number of rotatable bonds is 8. The van der Waals surface area contributed by atoms with Crippen molar-refractivity contribution in [2.45, 2.75) is 13.3 Å². The van der Waals surface area contributed by atoms with E-state index in [4.69, 9.17) is 0 Å². The standard InChI is InChI=1S/C24H19F2N3O5S/c1-2-8-29(35(33)34)19-7-6-18(25)20(21(19)26)22(30)17-12-28-23-16(17)10-15(11-27-23)13-4-3-5-14(9-13)24(31)32/h3-7,9-12H,2,8H2,1H3,(H,27,28)(H,31,32)(H,33,34). The van der Waals surface area contributed by atoms with Gasteiger partial charge in [0.25, 0.3) is 11.3 Å². The zero-order valence-corrected chi connectivity index (χ0v) is 19.1. The normalized spacial score (nSPS) is 12.0. The van der Waals surface area contributed by atoms with Crippen LogP contribution in [-0.4, -0.2) is 42.1 Å². The number of carboxylic acid groups (broad SMARTS) is 1. The fourth-order valence-electron chi connectivity index (χ4n) is 3.74. The highest BCUT2D eigenvalue weighted by Crippen LogP contribution is 2.31. The molecule has 0 bridgehead atoms. The summed E-state index contributed by atoms with van der Waals surface area (Å²) in [4.78, 5) is 31.6. The molecule has 4 rings (SSSR count). The van der Waals surface area contributed by atoms with Gasteiger partial charge in [0.2, 0.25) is 5.78 Å². The van der Waals surface area contributed by atoms with Crippen molar-refractivity contribution in [2.75, 3.05) is 10.8 Å². The number of carbonyl (C=O) groups is 2. The largest absolute Gasteiger partial charge is 0.478 e. The van der Waals surface area contributed by atoms with E-state index < -0.39 is 40.2 Å². The number of carbonyl (C=O) groups excluding carboxylic acids is 1. The van der Waals surface area contributed by atoms with E-state index in [1.54, 1.807) is 25.1 Å². The van der Waals surface area contributed by atoms with Crippen molar-refractivity contribution in [1.29, 1.82) is 0 Å². The van der Waals surface area contributed by atoms with Crippen LogP contribution in [0.25, 0.3) is 22.2 Å².